The van der Waals surface area contributed by atoms with Gasteiger partial charge in [0.25, 0.3) is 0 Å². The number of carbonyl (C=O) groups excluding carboxylic acids is 1. The number of nitrogens with zero attached hydrogens (tertiary/aromatic N) is 1. The SMILES string of the molecule is NC1CCC(C(=O)NC2CCN(c3cccc(Cl)c3)C2)C1. The number of amides is 1. The second-order valence-electron chi connectivity index (χ2n) is 6.19. The number of nitrogens with one attached hydrogen (secondary N) is 1. The van der Waals surface area contributed by atoms with Crippen LogP contribution >= 0.6 is 11.6 Å². The molecule has 1 aromatic rings. The van der Waals surface area contributed by atoms with Crippen molar-refractivity contribution in [2.24, 2.45) is 11.7 Å². The van der Waals surface area contributed by atoms with Gasteiger partial charge in [-0.25, -0.2) is 0 Å². The Morgan fingerprint density at radius 2 is 2.19 bits per heavy atom. The fraction of sp³-hybridized carbons (Fsp3) is 0.562. The molecule has 21 heavy (non-hydrogen) atoms. The van der Waals surface area contributed by atoms with Crippen LogP contribution < -0.4 is 16.0 Å². The Hall–Kier alpha value is -1.26. The van der Waals surface area contributed by atoms with E-state index in [1.165, 1.54) is 0 Å². The van der Waals surface area contributed by atoms with Gasteiger partial charge in [0.2, 0.25) is 5.91 Å². The summed E-state index contributed by atoms with van der Waals surface area (Å²) < 4.78 is 0. The summed E-state index contributed by atoms with van der Waals surface area (Å²) >= 11 is 6.04. The van der Waals surface area contributed by atoms with Crippen LogP contribution in [0.1, 0.15) is 25.7 Å². The number of carbonyl (C=O) groups is 1. The summed E-state index contributed by atoms with van der Waals surface area (Å²) in [5.74, 6) is 0.293. The molecular formula is C16H22ClN3O. The molecule has 1 aliphatic heterocycles. The third kappa shape index (κ3) is 3.50. The quantitative estimate of drug-likeness (QED) is 0.900. The van der Waals surface area contributed by atoms with Crippen LogP contribution in [-0.4, -0.2) is 31.1 Å². The standard InChI is InChI=1S/C16H22ClN3O/c17-12-2-1-3-15(9-12)20-7-6-14(10-20)19-16(21)11-4-5-13(18)8-11/h1-3,9,11,13-14H,4-8,10,18H2,(H,19,21). The molecule has 0 radical (unpaired) electrons. The van der Waals surface area contributed by atoms with Crippen molar-refractivity contribution in [2.75, 3.05) is 18.0 Å². The van der Waals surface area contributed by atoms with Crippen molar-refractivity contribution >= 4 is 23.2 Å². The Morgan fingerprint density at radius 1 is 1.33 bits per heavy atom. The molecule has 5 heteroatoms. The molecular weight excluding hydrogens is 286 g/mol. The van der Waals surface area contributed by atoms with Crippen LogP contribution in [-0.2, 0) is 4.79 Å². The van der Waals surface area contributed by atoms with Gasteiger partial charge in [-0.3, -0.25) is 4.79 Å². The van der Waals surface area contributed by atoms with Gasteiger partial charge in [0.15, 0.2) is 0 Å². The molecule has 0 aromatic heterocycles. The first-order valence-corrected chi connectivity index (χ1v) is 8.06. The van der Waals surface area contributed by atoms with Crippen molar-refractivity contribution < 1.29 is 4.79 Å². The second-order valence-corrected chi connectivity index (χ2v) is 6.63. The number of anilines is 1. The van der Waals surface area contributed by atoms with Gasteiger partial charge >= 0.3 is 0 Å². The first-order valence-electron chi connectivity index (χ1n) is 7.68. The zero-order chi connectivity index (χ0) is 14.8. The number of rotatable bonds is 3. The van der Waals surface area contributed by atoms with E-state index in [4.69, 9.17) is 17.3 Å². The number of nitrogens with two attached hydrogens (primary N) is 1. The lowest BCUT2D eigenvalue weighted by atomic mass is 10.1. The minimum Gasteiger partial charge on any atom is -0.369 e. The van der Waals surface area contributed by atoms with E-state index in [1.807, 2.05) is 18.2 Å². The molecule has 1 amide bonds. The highest BCUT2D eigenvalue weighted by Gasteiger charge is 2.31. The van der Waals surface area contributed by atoms with Crippen LogP contribution in [0.25, 0.3) is 0 Å². The molecule has 1 aromatic carbocycles. The third-order valence-electron chi connectivity index (χ3n) is 4.55. The Kier molecular flexibility index (Phi) is 4.36. The molecule has 3 N–H and O–H groups in total. The van der Waals surface area contributed by atoms with Crippen molar-refractivity contribution in [3.63, 3.8) is 0 Å². The average Bonchev–Trinajstić information content (AvgIpc) is 3.08. The Bertz CT molecular complexity index is 522. The predicted molar refractivity (Wildman–Crippen MR) is 85.5 cm³/mol. The average molecular weight is 308 g/mol. The van der Waals surface area contributed by atoms with Gasteiger partial charge in [-0.15, -0.1) is 0 Å². The van der Waals surface area contributed by atoms with Crippen molar-refractivity contribution in [3.05, 3.63) is 29.3 Å². The molecule has 1 saturated heterocycles. The minimum atomic E-state index is 0.111. The molecule has 0 bridgehead atoms. The van der Waals surface area contributed by atoms with E-state index < -0.39 is 0 Å². The van der Waals surface area contributed by atoms with Crippen LogP contribution in [0.15, 0.2) is 24.3 Å². The van der Waals surface area contributed by atoms with Gasteiger partial charge < -0.3 is 16.0 Å². The first kappa shape index (κ1) is 14.7. The number of hydrogen-bond acceptors (Lipinski definition) is 3. The molecule has 0 spiro atoms. The van der Waals surface area contributed by atoms with Crippen molar-refractivity contribution in [1.82, 2.24) is 5.32 Å². The lowest BCUT2D eigenvalue weighted by molar-refractivity contribution is -0.125. The minimum absolute atomic E-state index is 0.111. The smallest absolute Gasteiger partial charge is 0.223 e. The summed E-state index contributed by atoms with van der Waals surface area (Å²) in [4.78, 5) is 14.5. The summed E-state index contributed by atoms with van der Waals surface area (Å²) in [6, 6.07) is 8.31. The fourth-order valence-corrected chi connectivity index (χ4v) is 3.54. The summed E-state index contributed by atoms with van der Waals surface area (Å²) in [6.45, 7) is 1.81. The predicted octanol–water partition coefficient (Wildman–Crippen LogP) is 2.16. The normalized spacial score (nSPS) is 28.9. The topological polar surface area (TPSA) is 58.4 Å². The fourth-order valence-electron chi connectivity index (χ4n) is 3.36. The largest absolute Gasteiger partial charge is 0.369 e. The molecule has 2 fully saturated rings. The van der Waals surface area contributed by atoms with E-state index in [0.717, 1.165) is 49.5 Å². The maximum Gasteiger partial charge on any atom is 0.223 e. The van der Waals surface area contributed by atoms with Crippen molar-refractivity contribution in [2.45, 2.75) is 37.8 Å². The number of benzene rings is 1. The van der Waals surface area contributed by atoms with E-state index in [9.17, 15) is 4.79 Å². The van der Waals surface area contributed by atoms with Gasteiger partial charge in [0.1, 0.15) is 0 Å². The molecule has 1 heterocycles. The van der Waals surface area contributed by atoms with Crippen LogP contribution in [0.4, 0.5) is 5.69 Å². The first-order chi connectivity index (χ1) is 10.1. The molecule has 1 saturated carbocycles. The van der Waals surface area contributed by atoms with Gasteiger partial charge in [0, 0.05) is 41.8 Å². The third-order valence-corrected chi connectivity index (χ3v) is 4.79. The van der Waals surface area contributed by atoms with E-state index in [0.29, 0.717) is 0 Å². The molecule has 1 aliphatic carbocycles. The van der Waals surface area contributed by atoms with E-state index in [2.05, 4.69) is 16.3 Å². The summed E-state index contributed by atoms with van der Waals surface area (Å²) in [5.41, 5.74) is 7.01. The Balaban J connectivity index is 1.54. The second kappa shape index (κ2) is 6.24. The molecule has 3 atom stereocenters. The van der Waals surface area contributed by atoms with Crippen LogP contribution in [0.5, 0.6) is 0 Å². The highest BCUT2D eigenvalue weighted by atomic mass is 35.5. The molecule has 2 aliphatic rings. The summed E-state index contributed by atoms with van der Waals surface area (Å²) in [5, 5.41) is 3.94. The highest BCUT2D eigenvalue weighted by molar-refractivity contribution is 6.30. The summed E-state index contributed by atoms with van der Waals surface area (Å²) in [7, 11) is 0. The van der Waals surface area contributed by atoms with E-state index >= 15 is 0 Å². The Morgan fingerprint density at radius 3 is 2.90 bits per heavy atom. The van der Waals surface area contributed by atoms with Crippen LogP contribution in [0.3, 0.4) is 0 Å². The van der Waals surface area contributed by atoms with Gasteiger partial charge in [-0.2, -0.15) is 0 Å². The van der Waals surface area contributed by atoms with Crippen LogP contribution in [0, 0.1) is 5.92 Å². The highest BCUT2D eigenvalue weighted by Crippen LogP contribution is 2.26. The molecule has 3 rings (SSSR count). The monoisotopic (exact) mass is 307 g/mol. The molecule has 3 unspecified atom stereocenters. The van der Waals surface area contributed by atoms with E-state index in [1.54, 1.807) is 0 Å². The van der Waals surface area contributed by atoms with Gasteiger partial charge in [0.05, 0.1) is 0 Å². The van der Waals surface area contributed by atoms with Gasteiger partial charge in [-0.05, 0) is 43.9 Å². The zero-order valence-electron chi connectivity index (χ0n) is 12.1. The maximum absolute atomic E-state index is 12.2. The van der Waals surface area contributed by atoms with E-state index in [-0.39, 0.29) is 23.9 Å². The number of hydrogen-bond donors (Lipinski definition) is 2. The van der Waals surface area contributed by atoms with Crippen molar-refractivity contribution in [1.29, 1.82) is 0 Å². The maximum atomic E-state index is 12.2. The van der Waals surface area contributed by atoms with Crippen molar-refractivity contribution in [3.8, 4) is 0 Å². The lowest BCUT2D eigenvalue weighted by Crippen LogP contribution is -2.40. The van der Waals surface area contributed by atoms with Crippen LogP contribution in [0.2, 0.25) is 5.02 Å². The molecule has 4 nitrogen and oxygen atoms in total. The van der Waals surface area contributed by atoms with Gasteiger partial charge in [-0.1, -0.05) is 17.7 Å². The Labute approximate surface area is 130 Å². The lowest BCUT2D eigenvalue weighted by Gasteiger charge is -2.20. The molecule has 114 valence electrons. The number of halogens is 1. The summed E-state index contributed by atoms with van der Waals surface area (Å²) in [6.07, 6.45) is 3.71. The zero-order valence-corrected chi connectivity index (χ0v) is 12.9.